The van der Waals surface area contributed by atoms with Crippen LogP contribution in [0, 0.1) is 0 Å². The number of rotatable bonds is 8. The van der Waals surface area contributed by atoms with Gasteiger partial charge in [-0.25, -0.2) is 0 Å². The first-order valence-corrected chi connectivity index (χ1v) is 9.40. The summed E-state index contributed by atoms with van der Waals surface area (Å²) < 4.78 is 16.7. The van der Waals surface area contributed by atoms with Crippen LogP contribution >= 0.6 is 24.8 Å². The molecule has 0 radical (unpaired) electrons. The van der Waals surface area contributed by atoms with Crippen molar-refractivity contribution < 1.29 is 19.0 Å². The summed E-state index contributed by atoms with van der Waals surface area (Å²) in [6.45, 7) is 7.61. The zero-order valence-electron chi connectivity index (χ0n) is 16.1. The SMILES string of the molecule is Cl.Cl.O=C(CC1COCCN1)NCc1ccccc1OCCN1CCOCC1. The van der Waals surface area contributed by atoms with Gasteiger partial charge in [-0.1, -0.05) is 18.2 Å². The second-order valence-corrected chi connectivity index (χ2v) is 6.62. The summed E-state index contributed by atoms with van der Waals surface area (Å²) in [5.74, 6) is 0.858. The van der Waals surface area contributed by atoms with E-state index >= 15 is 0 Å². The normalized spacial score (nSPS) is 19.8. The third-order valence-electron chi connectivity index (χ3n) is 4.65. The summed E-state index contributed by atoms with van der Waals surface area (Å²) in [7, 11) is 0. The van der Waals surface area contributed by atoms with Crippen molar-refractivity contribution >= 4 is 30.7 Å². The molecule has 0 spiro atoms. The van der Waals surface area contributed by atoms with Gasteiger partial charge in [-0.05, 0) is 6.07 Å². The summed E-state index contributed by atoms with van der Waals surface area (Å²) in [4.78, 5) is 14.5. The van der Waals surface area contributed by atoms with E-state index < -0.39 is 0 Å². The molecular weight excluding hydrogens is 405 g/mol. The summed E-state index contributed by atoms with van der Waals surface area (Å²) in [6.07, 6.45) is 0.431. The number of halogens is 2. The van der Waals surface area contributed by atoms with Crippen LogP contribution < -0.4 is 15.4 Å². The fourth-order valence-electron chi connectivity index (χ4n) is 3.14. The van der Waals surface area contributed by atoms with Crippen LogP contribution in [0.1, 0.15) is 12.0 Å². The summed E-state index contributed by atoms with van der Waals surface area (Å²) in [6, 6.07) is 7.97. The van der Waals surface area contributed by atoms with Gasteiger partial charge in [-0.2, -0.15) is 0 Å². The highest BCUT2D eigenvalue weighted by Crippen LogP contribution is 2.18. The molecule has 2 saturated heterocycles. The second-order valence-electron chi connectivity index (χ2n) is 6.62. The molecule has 2 N–H and O–H groups in total. The Morgan fingerprint density at radius 2 is 1.96 bits per heavy atom. The lowest BCUT2D eigenvalue weighted by Gasteiger charge is -2.26. The van der Waals surface area contributed by atoms with E-state index in [4.69, 9.17) is 14.2 Å². The Morgan fingerprint density at radius 3 is 2.71 bits per heavy atom. The van der Waals surface area contributed by atoms with E-state index in [0.717, 1.165) is 50.7 Å². The lowest BCUT2D eigenvalue weighted by atomic mass is 10.1. The Balaban J connectivity index is 0.00000196. The van der Waals surface area contributed by atoms with Gasteiger partial charge in [0.05, 0.1) is 26.4 Å². The monoisotopic (exact) mass is 435 g/mol. The molecule has 0 saturated carbocycles. The van der Waals surface area contributed by atoms with Gasteiger partial charge in [0.15, 0.2) is 0 Å². The Labute approximate surface area is 179 Å². The molecule has 28 heavy (non-hydrogen) atoms. The third-order valence-corrected chi connectivity index (χ3v) is 4.65. The van der Waals surface area contributed by atoms with Crippen LogP contribution in [0.3, 0.4) is 0 Å². The van der Waals surface area contributed by atoms with Crippen LogP contribution in [-0.2, 0) is 20.8 Å². The van der Waals surface area contributed by atoms with Gasteiger partial charge in [0.1, 0.15) is 12.4 Å². The highest BCUT2D eigenvalue weighted by molar-refractivity contribution is 5.85. The summed E-state index contributed by atoms with van der Waals surface area (Å²) in [5.41, 5.74) is 0.996. The van der Waals surface area contributed by atoms with Crippen LogP contribution in [-0.4, -0.2) is 76.1 Å². The lowest BCUT2D eigenvalue weighted by Crippen LogP contribution is -2.44. The van der Waals surface area contributed by atoms with Crippen molar-refractivity contribution in [1.82, 2.24) is 15.5 Å². The third kappa shape index (κ3) is 8.51. The molecule has 1 unspecified atom stereocenters. The number of hydrogen-bond donors (Lipinski definition) is 2. The van der Waals surface area contributed by atoms with Crippen LogP contribution in [0.2, 0.25) is 0 Å². The smallest absolute Gasteiger partial charge is 0.221 e. The van der Waals surface area contributed by atoms with Crippen LogP contribution in [0.15, 0.2) is 24.3 Å². The van der Waals surface area contributed by atoms with Crippen molar-refractivity contribution in [3.8, 4) is 5.75 Å². The molecule has 1 aromatic carbocycles. The Hall–Kier alpha value is -1.09. The van der Waals surface area contributed by atoms with Crippen LogP contribution in [0.5, 0.6) is 5.75 Å². The molecule has 160 valence electrons. The minimum atomic E-state index is 0. The molecule has 0 bridgehead atoms. The largest absolute Gasteiger partial charge is 0.492 e. The van der Waals surface area contributed by atoms with E-state index in [1.165, 1.54) is 0 Å². The Kier molecular flexibility index (Phi) is 12.5. The number of benzene rings is 1. The number of para-hydroxylation sites is 1. The molecule has 3 rings (SSSR count). The average Bonchev–Trinajstić information content (AvgIpc) is 2.69. The lowest BCUT2D eigenvalue weighted by molar-refractivity contribution is -0.122. The topological polar surface area (TPSA) is 72.1 Å². The predicted octanol–water partition coefficient (Wildman–Crippen LogP) is 1.24. The number of ether oxygens (including phenoxy) is 3. The van der Waals surface area contributed by atoms with Crippen molar-refractivity contribution in [1.29, 1.82) is 0 Å². The number of nitrogens with zero attached hydrogens (tertiary/aromatic N) is 1. The van der Waals surface area contributed by atoms with E-state index in [-0.39, 0.29) is 36.8 Å². The van der Waals surface area contributed by atoms with E-state index in [1.54, 1.807) is 0 Å². The predicted molar refractivity (Wildman–Crippen MR) is 113 cm³/mol. The molecular formula is C19H31Cl2N3O4. The molecule has 9 heteroatoms. The van der Waals surface area contributed by atoms with Gasteiger partial charge in [0.25, 0.3) is 0 Å². The van der Waals surface area contributed by atoms with E-state index in [2.05, 4.69) is 15.5 Å². The van der Waals surface area contributed by atoms with E-state index in [0.29, 0.717) is 32.8 Å². The number of carbonyl (C=O) groups is 1. The molecule has 2 heterocycles. The molecule has 7 nitrogen and oxygen atoms in total. The summed E-state index contributed by atoms with van der Waals surface area (Å²) >= 11 is 0. The van der Waals surface area contributed by atoms with Gasteiger partial charge in [0, 0.05) is 50.7 Å². The maximum absolute atomic E-state index is 12.2. The van der Waals surface area contributed by atoms with Crippen molar-refractivity contribution in [3.05, 3.63) is 29.8 Å². The standard InChI is InChI=1S/C19H29N3O4.2ClH/c23-19(13-17-15-25-9-5-20-17)21-14-16-3-1-2-4-18(16)26-12-8-22-6-10-24-11-7-22;;/h1-4,17,20H,5-15H2,(H,21,23);2*1H. The Morgan fingerprint density at radius 1 is 1.18 bits per heavy atom. The number of nitrogens with one attached hydrogen (secondary N) is 2. The molecule has 0 aliphatic carbocycles. The zero-order valence-corrected chi connectivity index (χ0v) is 17.7. The molecule has 0 aromatic heterocycles. The fraction of sp³-hybridized carbons (Fsp3) is 0.632. The minimum absolute atomic E-state index is 0. The van der Waals surface area contributed by atoms with Crippen molar-refractivity contribution in [2.45, 2.75) is 19.0 Å². The first-order chi connectivity index (χ1) is 12.8. The number of hydrogen-bond acceptors (Lipinski definition) is 6. The van der Waals surface area contributed by atoms with Crippen molar-refractivity contribution in [2.24, 2.45) is 0 Å². The first kappa shape index (κ1) is 24.9. The average molecular weight is 436 g/mol. The molecule has 2 aliphatic rings. The van der Waals surface area contributed by atoms with Gasteiger partial charge in [-0.15, -0.1) is 24.8 Å². The highest BCUT2D eigenvalue weighted by atomic mass is 35.5. The number of amides is 1. The summed E-state index contributed by atoms with van der Waals surface area (Å²) in [5, 5.41) is 6.28. The van der Waals surface area contributed by atoms with Gasteiger partial charge in [0.2, 0.25) is 5.91 Å². The fourth-order valence-corrected chi connectivity index (χ4v) is 3.14. The highest BCUT2D eigenvalue weighted by Gasteiger charge is 2.17. The molecule has 2 fully saturated rings. The quantitative estimate of drug-likeness (QED) is 0.639. The van der Waals surface area contributed by atoms with Gasteiger partial charge >= 0.3 is 0 Å². The van der Waals surface area contributed by atoms with E-state index in [9.17, 15) is 4.79 Å². The van der Waals surface area contributed by atoms with Crippen LogP contribution in [0.25, 0.3) is 0 Å². The molecule has 1 atom stereocenters. The second kappa shape index (κ2) is 14.0. The maximum atomic E-state index is 12.2. The maximum Gasteiger partial charge on any atom is 0.221 e. The molecule has 2 aliphatic heterocycles. The zero-order chi connectivity index (χ0) is 18.0. The van der Waals surface area contributed by atoms with Crippen molar-refractivity contribution in [3.63, 3.8) is 0 Å². The van der Waals surface area contributed by atoms with Gasteiger partial charge < -0.3 is 24.8 Å². The molecule has 1 aromatic rings. The first-order valence-electron chi connectivity index (χ1n) is 9.40. The minimum Gasteiger partial charge on any atom is -0.492 e. The van der Waals surface area contributed by atoms with Crippen molar-refractivity contribution in [2.75, 3.05) is 59.2 Å². The Bertz CT molecular complexity index is 568. The number of morpholine rings is 2. The number of carbonyl (C=O) groups excluding carboxylic acids is 1. The van der Waals surface area contributed by atoms with Crippen LogP contribution in [0.4, 0.5) is 0 Å². The van der Waals surface area contributed by atoms with Gasteiger partial charge in [-0.3, -0.25) is 9.69 Å². The van der Waals surface area contributed by atoms with E-state index in [1.807, 2.05) is 24.3 Å². The molecule has 1 amide bonds.